The number of rotatable bonds is 7. The van der Waals surface area contributed by atoms with Crippen molar-refractivity contribution in [2.45, 2.75) is 4.90 Å². The number of aromatic hydroxyl groups is 1. The number of benzene rings is 5. The number of nitrogens with zero attached hydrogens (tertiary/aromatic N) is 4. The number of phenolic OH excluding ortho intramolecular Hbond substituents is 1. The van der Waals surface area contributed by atoms with Gasteiger partial charge < -0.3 is 21.1 Å². The largest absolute Gasteiger partial charge is 0.505 e. The summed E-state index contributed by atoms with van der Waals surface area (Å²) < 4.78 is 34.1. The highest BCUT2D eigenvalue weighted by Crippen LogP contribution is 2.43. The summed E-state index contributed by atoms with van der Waals surface area (Å²) in [5.41, 5.74) is 6.10. The Morgan fingerprint density at radius 1 is 0.690 bits per heavy atom. The number of anilines is 1. The van der Waals surface area contributed by atoms with Gasteiger partial charge in [-0.15, -0.1) is 15.3 Å². The van der Waals surface area contributed by atoms with Gasteiger partial charge in [-0.05, 0) is 66.0 Å². The Morgan fingerprint density at radius 3 is 2.05 bits per heavy atom. The monoisotopic (exact) mass is 585 g/mol. The first-order chi connectivity index (χ1) is 19.9. The van der Waals surface area contributed by atoms with Crippen molar-refractivity contribution in [1.29, 1.82) is 0 Å². The molecule has 0 fully saturated rings. The number of phenols is 1. The average Bonchev–Trinajstić information content (AvgIpc) is 2.95. The van der Waals surface area contributed by atoms with Gasteiger partial charge in [0.1, 0.15) is 10.6 Å². The van der Waals surface area contributed by atoms with Crippen molar-refractivity contribution in [3.63, 3.8) is 0 Å². The number of aromatic carboxylic acids is 2. The molecule has 5 aromatic rings. The van der Waals surface area contributed by atoms with E-state index in [2.05, 4.69) is 20.5 Å². The van der Waals surface area contributed by atoms with Crippen LogP contribution in [0, 0.1) is 0 Å². The number of fused-ring (bicyclic) bond motifs is 2. The van der Waals surface area contributed by atoms with Crippen LogP contribution >= 0.6 is 0 Å². The highest BCUT2D eigenvalue weighted by molar-refractivity contribution is 7.86. The van der Waals surface area contributed by atoms with E-state index in [-0.39, 0.29) is 44.3 Å². The molecular weight excluding hydrogens is 566 g/mol. The fourth-order valence-electron chi connectivity index (χ4n) is 4.19. The summed E-state index contributed by atoms with van der Waals surface area (Å²) >= 11 is 0. The molecule has 5 rings (SSSR count). The molecular formula is C28H19N5O8S. The van der Waals surface area contributed by atoms with Gasteiger partial charge in [0.05, 0.1) is 28.2 Å². The zero-order valence-corrected chi connectivity index (χ0v) is 22.0. The van der Waals surface area contributed by atoms with E-state index in [0.29, 0.717) is 11.1 Å². The van der Waals surface area contributed by atoms with Gasteiger partial charge in [-0.25, -0.2) is 9.59 Å². The zero-order chi connectivity index (χ0) is 30.2. The molecule has 210 valence electrons. The fourth-order valence-corrected chi connectivity index (χ4v) is 4.85. The summed E-state index contributed by atoms with van der Waals surface area (Å²) in [5.74, 6) is -2.93. The molecule has 6 N–H and O–H groups in total. The lowest BCUT2D eigenvalue weighted by atomic mass is 10.0. The SMILES string of the molecule is Nc1ccc2cc(S(=O)(=O)O)c(/N=N/c3ccc(/N=N/c4cccc(C(=O)O)c4)c4cc(C(=O)O)ccc34)c(O)c2c1. The molecule has 5 aromatic carbocycles. The Balaban J connectivity index is 1.65. The predicted octanol–water partition coefficient (Wildman–Crippen LogP) is 6.75. The van der Waals surface area contributed by atoms with Crippen molar-refractivity contribution in [3.8, 4) is 5.75 Å². The number of hydrogen-bond acceptors (Lipinski definition) is 10. The van der Waals surface area contributed by atoms with E-state index in [4.69, 9.17) is 5.73 Å². The minimum Gasteiger partial charge on any atom is -0.505 e. The van der Waals surface area contributed by atoms with Crippen molar-refractivity contribution < 1.29 is 37.9 Å². The van der Waals surface area contributed by atoms with E-state index in [9.17, 15) is 37.9 Å². The summed E-state index contributed by atoms with van der Waals surface area (Å²) in [6.45, 7) is 0. The molecule has 14 heteroatoms. The highest BCUT2D eigenvalue weighted by Gasteiger charge is 2.22. The van der Waals surface area contributed by atoms with E-state index >= 15 is 0 Å². The molecule has 0 aromatic heterocycles. The molecule has 0 aliphatic rings. The molecule has 0 unspecified atom stereocenters. The summed E-state index contributed by atoms with van der Waals surface area (Å²) in [5, 5.41) is 47.0. The van der Waals surface area contributed by atoms with Gasteiger partial charge in [0, 0.05) is 21.8 Å². The second-order valence-corrected chi connectivity index (χ2v) is 10.3. The van der Waals surface area contributed by atoms with E-state index in [1.165, 1.54) is 66.7 Å². The first kappa shape index (κ1) is 27.8. The summed E-state index contributed by atoms with van der Waals surface area (Å²) in [4.78, 5) is 22.2. The molecule has 0 saturated heterocycles. The van der Waals surface area contributed by atoms with Crippen LogP contribution in [0.25, 0.3) is 21.5 Å². The van der Waals surface area contributed by atoms with Crippen molar-refractivity contribution in [1.82, 2.24) is 0 Å². The molecule has 0 heterocycles. The zero-order valence-electron chi connectivity index (χ0n) is 21.2. The lowest BCUT2D eigenvalue weighted by molar-refractivity contribution is 0.0686. The third-order valence-corrected chi connectivity index (χ3v) is 7.06. The number of carbonyl (C=O) groups is 2. The first-order valence-electron chi connectivity index (χ1n) is 11.9. The third kappa shape index (κ3) is 5.47. The van der Waals surface area contributed by atoms with Crippen molar-refractivity contribution >= 4 is 72.0 Å². The van der Waals surface area contributed by atoms with Crippen LogP contribution in [0.3, 0.4) is 0 Å². The van der Waals surface area contributed by atoms with E-state index in [0.717, 1.165) is 6.07 Å². The average molecular weight is 586 g/mol. The topological polar surface area (TPSA) is 225 Å². The van der Waals surface area contributed by atoms with Crippen LogP contribution in [-0.4, -0.2) is 40.2 Å². The number of carboxylic acids is 2. The van der Waals surface area contributed by atoms with Crippen LogP contribution in [0.5, 0.6) is 5.75 Å². The maximum Gasteiger partial charge on any atom is 0.335 e. The Kier molecular flexibility index (Phi) is 7.08. The van der Waals surface area contributed by atoms with Crippen molar-refractivity contribution in [3.05, 3.63) is 90.0 Å². The minimum atomic E-state index is -4.84. The Bertz CT molecular complexity index is 2110. The summed E-state index contributed by atoms with van der Waals surface area (Å²) in [6, 6.07) is 18.3. The van der Waals surface area contributed by atoms with Gasteiger partial charge in [-0.1, -0.05) is 18.2 Å². The normalized spacial score (nSPS) is 12.0. The minimum absolute atomic E-state index is 0.00382. The molecule has 0 spiro atoms. The summed E-state index contributed by atoms with van der Waals surface area (Å²) in [7, 11) is -4.84. The lowest BCUT2D eigenvalue weighted by Crippen LogP contribution is -1.99. The Labute approximate surface area is 236 Å². The van der Waals surface area contributed by atoms with Crippen LogP contribution in [0.4, 0.5) is 28.4 Å². The van der Waals surface area contributed by atoms with Crippen LogP contribution in [-0.2, 0) is 10.1 Å². The molecule has 0 aliphatic heterocycles. The first-order valence-corrected chi connectivity index (χ1v) is 13.4. The molecule has 0 aliphatic carbocycles. The van der Waals surface area contributed by atoms with E-state index in [1.54, 1.807) is 6.07 Å². The molecule has 13 nitrogen and oxygen atoms in total. The van der Waals surface area contributed by atoms with Crippen LogP contribution < -0.4 is 5.73 Å². The van der Waals surface area contributed by atoms with Gasteiger partial charge in [0.15, 0.2) is 5.75 Å². The van der Waals surface area contributed by atoms with Gasteiger partial charge in [0.2, 0.25) is 0 Å². The van der Waals surface area contributed by atoms with E-state index < -0.39 is 38.4 Å². The smallest absolute Gasteiger partial charge is 0.335 e. The van der Waals surface area contributed by atoms with Gasteiger partial charge >= 0.3 is 11.9 Å². The Hall–Kier alpha value is -5.73. The van der Waals surface area contributed by atoms with Crippen molar-refractivity contribution in [2.75, 3.05) is 5.73 Å². The highest BCUT2D eigenvalue weighted by atomic mass is 32.2. The quantitative estimate of drug-likeness (QED) is 0.0771. The number of hydrogen-bond donors (Lipinski definition) is 5. The number of azo groups is 2. The van der Waals surface area contributed by atoms with Crippen LogP contribution in [0.1, 0.15) is 20.7 Å². The van der Waals surface area contributed by atoms with Gasteiger partial charge in [0.25, 0.3) is 10.1 Å². The molecule has 0 radical (unpaired) electrons. The predicted molar refractivity (Wildman–Crippen MR) is 153 cm³/mol. The van der Waals surface area contributed by atoms with Gasteiger partial charge in [-0.3, -0.25) is 4.55 Å². The Morgan fingerprint density at radius 2 is 1.36 bits per heavy atom. The molecule has 0 bridgehead atoms. The molecule has 0 saturated carbocycles. The fraction of sp³-hybridized carbons (Fsp3) is 0. The maximum atomic E-state index is 12.1. The molecule has 0 atom stereocenters. The van der Waals surface area contributed by atoms with Gasteiger partial charge in [-0.2, -0.15) is 13.5 Å². The summed E-state index contributed by atoms with van der Waals surface area (Å²) in [6.07, 6.45) is 0. The van der Waals surface area contributed by atoms with Crippen molar-refractivity contribution in [2.24, 2.45) is 20.5 Å². The van der Waals surface area contributed by atoms with E-state index in [1.807, 2.05) is 0 Å². The number of nitrogens with two attached hydrogens (primary N) is 1. The van der Waals surface area contributed by atoms with Crippen LogP contribution in [0.15, 0.2) is 104 Å². The molecule has 0 amide bonds. The second-order valence-electron chi connectivity index (χ2n) is 8.95. The molecule has 42 heavy (non-hydrogen) atoms. The third-order valence-electron chi connectivity index (χ3n) is 6.20. The lowest BCUT2D eigenvalue weighted by Gasteiger charge is -2.10. The second kappa shape index (κ2) is 10.7. The number of carboxylic acid groups (broad SMARTS) is 2. The standard InChI is InChI=1S/C28H19N5O8S/c29-17-6-4-14-12-24(42(39,40)41)25(26(34)20(14)13-17)33-32-22-8-9-23(21-11-16(28(37)38)5-7-19(21)22)31-30-18-3-1-2-15(10-18)27(35)36/h1-13,34H,29H2,(H,35,36)(H,37,38)(H,39,40,41)/b31-30+,33-32+. The van der Waals surface area contributed by atoms with Crippen LogP contribution in [0.2, 0.25) is 0 Å². The number of nitrogen functional groups attached to an aromatic ring is 1. The maximum absolute atomic E-state index is 12.1.